The molecule has 1 unspecified atom stereocenters. The first-order chi connectivity index (χ1) is 12.7. The molecule has 140 valence electrons. The Labute approximate surface area is 155 Å². The highest BCUT2D eigenvalue weighted by Gasteiger charge is 2.27. The number of hydrogen-bond acceptors (Lipinski definition) is 6. The number of rotatable bonds is 4. The van der Waals surface area contributed by atoms with Crippen molar-refractivity contribution in [2.75, 3.05) is 49.1 Å². The van der Waals surface area contributed by atoms with E-state index >= 15 is 0 Å². The molecule has 0 aliphatic carbocycles. The van der Waals surface area contributed by atoms with Crippen LogP contribution in [0.2, 0.25) is 0 Å². The van der Waals surface area contributed by atoms with Gasteiger partial charge >= 0.3 is 0 Å². The highest BCUT2D eigenvalue weighted by Crippen LogP contribution is 2.30. The minimum absolute atomic E-state index is 0.390. The standard InChI is InChI=1S/C19H29N7/c1-15-3-7-25(8-4-15)18-19(21-6-5-20-18)26-11-9-24(10-12-26)16(2)17-13-22-23-14-17/h5-6,13-16H,3-4,7-12H2,1-2H3,(H,22,23). The lowest BCUT2D eigenvalue weighted by Gasteiger charge is -2.40. The zero-order chi connectivity index (χ0) is 17.9. The van der Waals surface area contributed by atoms with E-state index in [1.807, 2.05) is 24.8 Å². The molecule has 2 aromatic rings. The van der Waals surface area contributed by atoms with E-state index in [1.54, 1.807) is 0 Å². The Morgan fingerprint density at radius 2 is 1.58 bits per heavy atom. The van der Waals surface area contributed by atoms with Crippen LogP contribution in [0.15, 0.2) is 24.8 Å². The third kappa shape index (κ3) is 3.53. The normalized spacial score (nSPS) is 21.2. The molecule has 26 heavy (non-hydrogen) atoms. The SMILES string of the molecule is CC1CCN(c2nccnc2N2CCN(C(C)c3cn[nH]c3)CC2)CC1. The highest BCUT2D eigenvalue weighted by atomic mass is 15.3. The van der Waals surface area contributed by atoms with Crippen LogP contribution in [-0.4, -0.2) is 64.3 Å². The second-order valence-electron chi connectivity index (χ2n) is 7.60. The monoisotopic (exact) mass is 355 g/mol. The van der Waals surface area contributed by atoms with Crippen LogP contribution in [0.5, 0.6) is 0 Å². The molecule has 4 heterocycles. The number of piperidine rings is 1. The number of aromatic amines is 1. The number of hydrogen-bond donors (Lipinski definition) is 1. The van der Waals surface area contributed by atoms with Crippen LogP contribution >= 0.6 is 0 Å². The van der Waals surface area contributed by atoms with Crippen LogP contribution in [-0.2, 0) is 0 Å². The number of aromatic nitrogens is 4. The van der Waals surface area contributed by atoms with E-state index in [1.165, 1.54) is 18.4 Å². The van der Waals surface area contributed by atoms with Crippen LogP contribution in [0.3, 0.4) is 0 Å². The topological polar surface area (TPSA) is 64.2 Å². The Bertz CT molecular complexity index is 686. The van der Waals surface area contributed by atoms with Crippen molar-refractivity contribution in [3.63, 3.8) is 0 Å². The predicted molar refractivity (Wildman–Crippen MR) is 103 cm³/mol. The summed E-state index contributed by atoms with van der Waals surface area (Å²) < 4.78 is 0. The van der Waals surface area contributed by atoms with Crippen molar-refractivity contribution < 1.29 is 0 Å². The molecular formula is C19H29N7. The van der Waals surface area contributed by atoms with Crippen LogP contribution in [0.4, 0.5) is 11.6 Å². The van der Waals surface area contributed by atoms with E-state index in [9.17, 15) is 0 Å². The van der Waals surface area contributed by atoms with E-state index in [2.05, 4.69) is 38.7 Å². The van der Waals surface area contributed by atoms with Gasteiger partial charge in [-0.2, -0.15) is 5.10 Å². The molecule has 2 aliphatic rings. The van der Waals surface area contributed by atoms with Crippen molar-refractivity contribution in [2.24, 2.45) is 5.92 Å². The third-order valence-corrected chi connectivity index (χ3v) is 5.91. The van der Waals surface area contributed by atoms with Gasteiger partial charge in [0.1, 0.15) is 0 Å². The Hall–Kier alpha value is -2.15. The first kappa shape index (κ1) is 17.3. The molecule has 0 spiro atoms. The van der Waals surface area contributed by atoms with Gasteiger partial charge in [-0.3, -0.25) is 10.00 Å². The molecule has 2 saturated heterocycles. The summed E-state index contributed by atoms with van der Waals surface area (Å²) in [6, 6.07) is 0.390. The molecule has 0 bridgehead atoms. The summed E-state index contributed by atoms with van der Waals surface area (Å²) in [6.45, 7) is 10.8. The van der Waals surface area contributed by atoms with Gasteiger partial charge in [0.05, 0.1) is 6.20 Å². The summed E-state index contributed by atoms with van der Waals surface area (Å²) in [4.78, 5) is 16.7. The van der Waals surface area contributed by atoms with E-state index in [0.717, 1.165) is 56.8 Å². The molecule has 1 N–H and O–H groups in total. The fourth-order valence-corrected chi connectivity index (χ4v) is 4.01. The summed E-state index contributed by atoms with van der Waals surface area (Å²) >= 11 is 0. The maximum atomic E-state index is 4.70. The van der Waals surface area contributed by atoms with Gasteiger partial charge in [-0.15, -0.1) is 0 Å². The number of H-pyrrole nitrogens is 1. The average Bonchev–Trinajstić information content (AvgIpc) is 3.23. The molecule has 0 aromatic carbocycles. The first-order valence-corrected chi connectivity index (χ1v) is 9.76. The largest absolute Gasteiger partial charge is 0.354 e. The van der Waals surface area contributed by atoms with Gasteiger partial charge < -0.3 is 9.80 Å². The van der Waals surface area contributed by atoms with Gasteiger partial charge in [0.15, 0.2) is 11.6 Å². The number of piperazine rings is 1. The first-order valence-electron chi connectivity index (χ1n) is 9.76. The van der Waals surface area contributed by atoms with Gasteiger partial charge in [0.2, 0.25) is 0 Å². The molecule has 2 fully saturated rings. The van der Waals surface area contributed by atoms with Crippen molar-refractivity contribution in [3.8, 4) is 0 Å². The molecule has 2 aromatic heterocycles. The Morgan fingerprint density at radius 3 is 2.15 bits per heavy atom. The van der Waals surface area contributed by atoms with Gasteiger partial charge in [0.25, 0.3) is 0 Å². The van der Waals surface area contributed by atoms with E-state index < -0.39 is 0 Å². The summed E-state index contributed by atoms with van der Waals surface area (Å²) in [5, 5.41) is 7.00. The molecule has 4 rings (SSSR count). The van der Waals surface area contributed by atoms with Gasteiger partial charge in [-0.1, -0.05) is 6.92 Å². The van der Waals surface area contributed by atoms with E-state index in [4.69, 9.17) is 9.97 Å². The van der Waals surface area contributed by atoms with Gasteiger partial charge in [-0.05, 0) is 25.7 Å². The molecular weight excluding hydrogens is 326 g/mol. The fourth-order valence-electron chi connectivity index (χ4n) is 4.01. The Balaban J connectivity index is 1.43. The zero-order valence-corrected chi connectivity index (χ0v) is 15.8. The van der Waals surface area contributed by atoms with Crippen molar-refractivity contribution in [1.29, 1.82) is 0 Å². The van der Waals surface area contributed by atoms with E-state index in [0.29, 0.717) is 6.04 Å². The number of nitrogens with one attached hydrogen (secondary N) is 1. The van der Waals surface area contributed by atoms with Crippen molar-refractivity contribution in [2.45, 2.75) is 32.7 Å². The maximum Gasteiger partial charge on any atom is 0.172 e. The third-order valence-electron chi connectivity index (χ3n) is 5.91. The van der Waals surface area contributed by atoms with Crippen LogP contribution < -0.4 is 9.80 Å². The average molecular weight is 355 g/mol. The zero-order valence-electron chi connectivity index (χ0n) is 15.8. The second kappa shape index (κ2) is 7.61. The van der Waals surface area contributed by atoms with Crippen LogP contribution in [0.25, 0.3) is 0 Å². The predicted octanol–water partition coefficient (Wildman–Crippen LogP) is 2.32. The summed E-state index contributed by atoms with van der Waals surface area (Å²) in [6.07, 6.45) is 10.1. The summed E-state index contributed by atoms with van der Waals surface area (Å²) in [5.74, 6) is 2.94. The van der Waals surface area contributed by atoms with Crippen LogP contribution in [0.1, 0.15) is 38.3 Å². The molecule has 0 saturated carbocycles. The lowest BCUT2D eigenvalue weighted by Crippen LogP contribution is -2.48. The summed E-state index contributed by atoms with van der Waals surface area (Å²) in [5.41, 5.74) is 1.25. The summed E-state index contributed by atoms with van der Waals surface area (Å²) in [7, 11) is 0. The van der Waals surface area contributed by atoms with E-state index in [-0.39, 0.29) is 0 Å². The smallest absolute Gasteiger partial charge is 0.172 e. The van der Waals surface area contributed by atoms with Gasteiger partial charge in [-0.25, -0.2) is 9.97 Å². The molecule has 7 nitrogen and oxygen atoms in total. The minimum atomic E-state index is 0.390. The molecule has 0 amide bonds. The fraction of sp³-hybridized carbons (Fsp3) is 0.632. The lowest BCUT2D eigenvalue weighted by molar-refractivity contribution is 0.198. The highest BCUT2D eigenvalue weighted by molar-refractivity contribution is 5.62. The number of anilines is 2. The van der Waals surface area contributed by atoms with Crippen molar-refractivity contribution in [1.82, 2.24) is 25.1 Å². The Morgan fingerprint density at radius 1 is 0.962 bits per heavy atom. The molecule has 7 heteroatoms. The quantitative estimate of drug-likeness (QED) is 0.908. The maximum absolute atomic E-state index is 4.70. The lowest BCUT2D eigenvalue weighted by atomic mass is 9.99. The minimum Gasteiger partial charge on any atom is -0.354 e. The second-order valence-corrected chi connectivity index (χ2v) is 7.60. The van der Waals surface area contributed by atoms with Crippen molar-refractivity contribution >= 4 is 11.6 Å². The molecule has 0 radical (unpaired) electrons. The van der Waals surface area contributed by atoms with Crippen LogP contribution in [0, 0.1) is 5.92 Å². The molecule has 2 aliphatic heterocycles. The molecule has 1 atom stereocenters. The van der Waals surface area contributed by atoms with Gasteiger partial charge in [0, 0.05) is 69.5 Å². The number of nitrogens with zero attached hydrogens (tertiary/aromatic N) is 6. The van der Waals surface area contributed by atoms with Crippen molar-refractivity contribution in [3.05, 3.63) is 30.4 Å². The Kier molecular flexibility index (Phi) is 5.06.